The van der Waals surface area contributed by atoms with Gasteiger partial charge in [0.25, 0.3) is 0 Å². The van der Waals surface area contributed by atoms with Crippen molar-refractivity contribution < 1.29 is 4.79 Å². The van der Waals surface area contributed by atoms with E-state index in [1.54, 1.807) is 11.3 Å². The number of rotatable bonds is 4. The fourth-order valence-electron chi connectivity index (χ4n) is 3.68. The Balaban J connectivity index is 0.00000261. The van der Waals surface area contributed by atoms with Crippen LogP contribution in [-0.4, -0.2) is 78.3 Å². The van der Waals surface area contributed by atoms with Gasteiger partial charge >= 0.3 is 0 Å². The molecule has 2 aliphatic rings. The van der Waals surface area contributed by atoms with Gasteiger partial charge in [0.05, 0.1) is 11.4 Å². The molecule has 0 N–H and O–H groups in total. The van der Waals surface area contributed by atoms with Gasteiger partial charge in [0.2, 0.25) is 5.91 Å². The third-order valence-corrected chi connectivity index (χ3v) is 5.98. The monoisotopic (exact) mass is 412 g/mol. The van der Waals surface area contributed by atoms with E-state index in [2.05, 4.69) is 46.1 Å². The molecule has 0 aromatic carbocycles. The first-order chi connectivity index (χ1) is 12.6. The minimum absolute atomic E-state index is 0. The van der Waals surface area contributed by atoms with Gasteiger partial charge in [-0.1, -0.05) is 18.9 Å². The molecule has 0 bridgehead atoms. The molecule has 0 atom stereocenters. The highest BCUT2D eigenvalue weighted by Gasteiger charge is 2.24. The van der Waals surface area contributed by atoms with Crippen LogP contribution in [-0.2, 0) is 4.79 Å². The number of thiophene rings is 1. The summed E-state index contributed by atoms with van der Waals surface area (Å²) in [5.41, 5.74) is 0. The summed E-state index contributed by atoms with van der Waals surface area (Å²) in [5.74, 6) is 1.43. The molecule has 0 unspecified atom stereocenters. The van der Waals surface area contributed by atoms with Gasteiger partial charge in [-0.3, -0.25) is 14.7 Å². The fraction of sp³-hybridized carbons (Fsp3) is 0.700. The van der Waals surface area contributed by atoms with Crippen molar-refractivity contribution in [3.8, 4) is 0 Å². The highest BCUT2D eigenvalue weighted by atomic mass is 35.5. The Morgan fingerprint density at radius 3 is 2.26 bits per heavy atom. The lowest BCUT2D eigenvalue weighted by molar-refractivity contribution is -0.132. The predicted octanol–water partition coefficient (Wildman–Crippen LogP) is 3.35. The van der Waals surface area contributed by atoms with E-state index in [-0.39, 0.29) is 18.4 Å². The molecule has 27 heavy (non-hydrogen) atoms. The van der Waals surface area contributed by atoms with Crippen LogP contribution in [0.1, 0.15) is 44.4 Å². The van der Waals surface area contributed by atoms with Gasteiger partial charge in [0.15, 0.2) is 0 Å². The van der Waals surface area contributed by atoms with Crippen molar-refractivity contribution in [2.24, 2.45) is 4.99 Å². The van der Waals surface area contributed by atoms with Gasteiger partial charge in [-0.15, -0.1) is 23.7 Å². The topological polar surface area (TPSA) is 39.1 Å². The average Bonchev–Trinajstić information content (AvgIpc) is 3.02. The number of hydrogen-bond donors (Lipinski definition) is 0. The first-order valence-corrected chi connectivity index (χ1v) is 10.9. The van der Waals surface area contributed by atoms with Gasteiger partial charge in [0, 0.05) is 45.3 Å². The number of aliphatic imine (C=N–C) groups is 1. The molecule has 3 rings (SSSR count). The van der Waals surface area contributed by atoms with E-state index in [4.69, 9.17) is 4.99 Å². The maximum absolute atomic E-state index is 12.6. The van der Waals surface area contributed by atoms with Crippen LogP contribution >= 0.6 is 23.7 Å². The van der Waals surface area contributed by atoms with Crippen molar-refractivity contribution in [1.29, 1.82) is 0 Å². The Labute approximate surface area is 173 Å². The summed E-state index contributed by atoms with van der Waals surface area (Å²) < 4.78 is 0. The normalized spacial score (nSPS) is 19.7. The number of amides is 1. The van der Waals surface area contributed by atoms with Crippen LogP contribution in [0.3, 0.4) is 0 Å². The van der Waals surface area contributed by atoms with Gasteiger partial charge in [-0.05, 0) is 38.1 Å². The van der Waals surface area contributed by atoms with E-state index in [1.165, 1.54) is 17.7 Å². The zero-order chi connectivity index (χ0) is 18.4. The second kappa shape index (κ2) is 11.0. The summed E-state index contributed by atoms with van der Waals surface area (Å²) in [4.78, 5) is 25.5. The quantitative estimate of drug-likeness (QED) is 0.562. The van der Waals surface area contributed by atoms with Crippen LogP contribution in [0.5, 0.6) is 0 Å². The summed E-state index contributed by atoms with van der Waals surface area (Å²) in [5, 5.41) is 2.11. The highest BCUT2D eigenvalue weighted by Crippen LogP contribution is 2.16. The number of carbonyl (C=O) groups is 1. The van der Waals surface area contributed by atoms with Crippen LogP contribution in [0.4, 0.5) is 0 Å². The molecule has 1 aromatic rings. The number of nitrogens with zero attached hydrogens (tertiary/aromatic N) is 4. The van der Waals surface area contributed by atoms with Crippen molar-refractivity contribution in [2.45, 2.75) is 45.6 Å². The summed E-state index contributed by atoms with van der Waals surface area (Å²) >= 11 is 1.75. The Hall–Kier alpha value is -1.11. The molecular formula is C20H33ClN4OS. The van der Waals surface area contributed by atoms with Crippen LogP contribution in [0.25, 0.3) is 0 Å². The van der Waals surface area contributed by atoms with E-state index in [9.17, 15) is 4.79 Å². The van der Waals surface area contributed by atoms with E-state index in [0.29, 0.717) is 12.5 Å². The molecule has 1 aromatic heterocycles. The largest absolute Gasteiger partial charge is 0.353 e. The lowest BCUT2D eigenvalue weighted by Gasteiger charge is -2.37. The fourth-order valence-corrected chi connectivity index (χ4v) is 4.43. The number of hydrogen-bond acceptors (Lipinski definition) is 4. The summed E-state index contributed by atoms with van der Waals surface area (Å²) in [6, 6.07) is 4.53. The lowest BCUT2D eigenvalue weighted by Crippen LogP contribution is -2.51. The highest BCUT2D eigenvalue weighted by molar-refractivity contribution is 7.12. The lowest BCUT2D eigenvalue weighted by atomic mass is 10.2. The van der Waals surface area contributed by atoms with E-state index in [0.717, 1.165) is 57.9 Å². The maximum atomic E-state index is 12.6. The minimum atomic E-state index is 0. The predicted molar refractivity (Wildman–Crippen MR) is 116 cm³/mol. The second-order valence-electron chi connectivity index (χ2n) is 7.58. The Bertz CT molecular complexity index is 589. The van der Waals surface area contributed by atoms with Crippen LogP contribution in [0.15, 0.2) is 22.5 Å². The molecule has 2 fully saturated rings. The van der Waals surface area contributed by atoms with Crippen molar-refractivity contribution in [3.05, 3.63) is 22.4 Å². The van der Waals surface area contributed by atoms with Gasteiger partial charge in [-0.2, -0.15) is 0 Å². The standard InChI is InChI=1S/C20H32N4OS.ClH/c1-17(2)21-20(18-8-7-15-26-18)24-13-11-22(12-14-24)16-19(25)23-9-5-3-4-6-10-23;/h7-8,15,17H,3-6,9-14,16H2,1-2H3;1H. The first kappa shape index (κ1) is 22.2. The number of halogens is 1. The van der Waals surface area contributed by atoms with Crippen molar-refractivity contribution in [1.82, 2.24) is 14.7 Å². The summed E-state index contributed by atoms with van der Waals surface area (Å²) in [7, 11) is 0. The molecular weight excluding hydrogens is 380 g/mol. The Kier molecular flexibility index (Phi) is 9.06. The molecule has 0 saturated carbocycles. The number of piperazine rings is 1. The first-order valence-electron chi connectivity index (χ1n) is 10.0. The zero-order valence-corrected chi connectivity index (χ0v) is 18.2. The SMILES string of the molecule is CC(C)N=C(c1cccs1)N1CCN(CC(=O)N2CCCCCC2)CC1.Cl. The number of amidine groups is 1. The molecule has 0 aliphatic carbocycles. The number of carbonyl (C=O) groups excluding carboxylic acids is 1. The van der Waals surface area contributed by atoms with Gasteiger partial charge in [-0.25, -0.2) is 0 Å². The van der Waals surface area contributed by atoms with Gasteiger partial charge in [0.1, 0.15) is 5.84 Å². The minimum Gasteiger partial charge on any atom is -0.353 e. The third-order valence-electron chi connectivity index (χ3n) is 5.11. The third kappa shape index (κ3) is 6.47. The van der Waals surface area contributed by atoms with Crippen LogP contribution in [0, 0.1) is 0 Å². The Morgan fingerprint density at radius 2 is 1.70 bits per heavy atom. The molecule has 1 amide bonds. The molecule has 0 radical (unpaired) electrons. The second-order valence-corrected chi connectivity index (χ2v) is 8.53. The molecule has 2 saturated heterocycles. The van der Waals surface area contributed by atoms with Crippen LogP contribution < -0.4 is 0 Å². The maximum Gasteiger partial charge on any atom is 0.236 e. The van der Waals surface area contributed by atoms with Crippen molar-refractivity contribution in [3.63, 3.8) is 0 Å². The van der Waals surface area contributed by atoms with E-state index < -0.39 is 0 Å². The molecule has 0 spiro atoms. The van der Waals surface area contributed by atoms with Gasteiger partial charge < -0.3 is 9.80 Å². The van der Waals surface area contributed by atoms with Crippen molar-refractivity contribution in [2.75, 3.05) is 45.8 Å². The molecule has 3 heterocycles. The summed E-state index contributed by atoms with van der Waals surface area (Å²) in [6.07, 6.45) is 4.86. The van der Waals surface area contributed by atoms with E-state index >= 15 is 0 Å². The Morgan fingerprint density at radius 1 is 1.04 bits per heavy atom. The molecule has 152 valence electrons. The zero-order valence-electron chi connectivity index (χ0n) is 16.6. The average molecular weight is 413 g/mol. The number of likely N-dealkylation sites (tertiary alicyclic amines) is 1. The van der Waals surface area contributed by atoms with Crippen molar-refractivity contribution >= 4 is 35.5 Å². The smallest absolute Gasteiger partial charge is 0.236 e. The summed E-state index contributed by atoms with van der Waals surface area (Å²) in [6.45, 7) is 10.5. The molecule has 2 aliphatic heterocycles. The van der Waals surface area contributed by atoms with E-state index in [1.807, 2.05) is 0 Å². The van der Waals surface area contributed by atoms with Crippen LogP contribution in [0.2, 0.25) is 0 Å². The molecule has 5 nitrogen and oxygen atoms in total. The molecule has 7 heteroatoms.